The molecule has 1 amide bonds. The monoisotopic (exact) mass is 303 g/mol. The smallest absolute Gasteiger partial charge is 0.338 e. The Kier molecular flexibility index (Phi) is 5.08. The lowest BCUT2D eigenvalue weighted by molar-refractivity contribution is -0.119. The van der Waals surface area contributed by atoms with Gasteiger partial charge in [-0.15, -0.1) is 0 Å². The molecule has 0 aromatic heterocycles. The number of carbonyl (C=O) groups excluding carboxylic acids is 2. The van der Waals surface area contributed by atoms with E-state index in [1.165, 1.54) is 12.1 Å². The quantitative estimate of drug-likeness (QED) is 0.862. The molecule has 0 aliphatic rings. The standard InChI is InChI=1S/C16H14FNO4/c1-21-14-8-6-13(7-9-14)18-15(19)10-22-16(20)11-2-4-12(17)5-3-11/h2-9H,10H2,1H3,(H,18,19). The van der Waals surface area contributed by atoms with E-state index in [0.717, 1.165) is 12.1 Å². The summed E-state index contributed by atoms with van der Waals surface area (Å²) in [7, 11) is 1.54. The molecule has 0 fully saturated rings. The number of rotatable bonds is 5. The van der Waals surface area contributed by atoms with Crippen molar-refractivity contribution in [2.45, 2.75) is 0 Å². The highest BCUT2D eigenvalue weighted by Gasteiger charge is 2.10. The zero-order valence-corrected chi connectivity index (χ0v) is 11.8. The number of anilines is 1. The molecule has 2 rings (SSSR count). The van der Waals surface area contributed by atoms with Crippen molar-refractivity contribution in [1.82, 2.24) is 0 Å². The molecule has 114 valence electrons. The Morgan fingerprint density at radius 3 is 2.27 bits per heavy atom. The van der Waals surface area contributed by atoms with Crippen LogP contribution in [0.25, 0.3) is 0 Å². The summed E-state index contributed by atoms with van der Waals surface area (Å²) in [4.78, 5) is 23.3. The van der Waals surface area contributed by atoms with Crippen molar-refractivity contribution in [1.29, 1.82) is 0 Å². The zero-order valence-electron chi connectivity index (χ0n) is 11.8. The van der Waals surface area contributed by atoms with Gasteiger partial charge < -0.3 is 14.8 Å². The average Bonchev–Trinajstić information content (AvgIpc) is 2.54. The number of ether oxygens (including phenoxy) is 2. The van der Waals surface area contributed by atoms with Crippen LogP contribution < -0.4 is 10.1 Å². The number of esters is 1. The number of hydrogen-bond acceptors (Lipinski definition) is 4. The lowest BCUT2D eigenvalue weighted by Gasteiger charge is -2.07. The van der Waals surface area contributed by atoms with Gasteiger partial charge in [-0.05, 0) is 48.5 Å². The molecule has 0 unspecified atom stereocenters. The van der Waals surface area contributed by atoms with Crippen LogP contribution in [-0.2, 0) is 9.53 Å². The molecule has 0 radical (unpaired) electrons. The van der Waals surface area contributed by atoms with E-state index in [2.05, 4.69) is 5.32 Å². The maximum absolute atomic E-state index is 12.7. The van der Waals surface area contributed by atoms with Gasteiger partial charge in [-0.2, -0.15) is 0 Å². The highest BCUT2D eigenvalue weighted by Crippen LogP contribution is 2.14. The van der Waals surface area contributed by atoms with Gasteiger partial charge in [0.15, 0.2) is 6.61 Å². The molecule has 2 aromatic rings. The number of benzene rings is 2. The predicted molar refractivity (Wildman–Crippen MR) is 78.3 cm³/mol. The van der Waals surface area contributed by atoms with Crippen LogP contribution in [0.2, 0.25) is 0 Å². The molecular weight excluding hydrogens is 289 g/mol. The van der Waals surface area contributed by atoms with Crippen molar-refractivity contribution in [2.24, 2.45) is 0 Å². The van der Waals surface area contributed by atoms with Gasteiger partial charge in [0.05, 0.1) is 12.7 Å². The van der Waals surface area contributed by atoms with Crippen LogP contribution in [0.5, 0.6) is 5.75 Å². The van der Waals surface area contributed by atoms with Crippen LogP contribution in [-0.4, -0.2) is 25.6 Å². The first kappa shape index (κ1) is 15.5. The molecule has 0 aliphatic heterocycles. The summed E-state index contributed by atoms with van der Waals surface area (Å²) in [6, 6.07) is 11.6. The summed E-state index contributed by atoms with van der Waals surface area (Å²) in [5, 5.41) is 2.58. The Hall–Kier alpha value is -2.89. The molecule has 0 heterocycles. The first-order valence-corrected chi connectivity index (χ1v) is 6.45. The van der Waals surface area contributed by atoms with Crippen molar-refractivity contribution in [3.8, 4) is 5.75 Å². The Labute approximate surface area is 126 Å². The fraction of sp³-hybridized carbons (Fsp3) is 0.125. The van der Waals surface area contributed by atoms with E-state index in [9.17, 15) is 14.0 Å². The Balaban J connectivity index is 1.84. The van der Waals surface area contributed by atoms with Crippen molar-refractivity contribution < 1.29 is 23.5 Å². The number of halogens is 1. The fourth-order valence-corrected chi connectivity index (χ4v) is 1.67. The average molecular weight is 303 g/mol. The number of nitrogens with one attached hydrogen (secondary N) is 1. The van der Waals surface area contributed by atoms with Gasteiger partial charge in [0, 0.05) is 5.69 Å². The molecule has 2 aromatic carbocycles. The molecule has 0 saturated carbocycles. The van der Waals surface area contributed by atoms with Gasteiger partial charge in [-0.1, -0.05) is 0 Å². The van der Waals surface area contributed by atoms with Crippen LogP contribution in [0.3, 0.4) is 0 Å². The van der Waals surface area contributed by atoms with E-state index < -0.39 is 24.3 Å². The lowest BCUT2D eigenvalue weighted by atomic mass is 10.2. The summed E-state index contributed by atoms with van der Waals surface area (Å²) >= 11 is 0. The maximum Gasteiger partial charge on any atom is 0.338 e. The van der Waals surface area contributed by atoms with Crippen LogP contribution in [0.1, 0.15) is 10.4 Å². The minimum absolute atomic E-state index is 0.179. The number of methoxy groups -OCH3 is 1. The molecule has 0 bridgehead atoms. The molecule has 5 nitrogen and oxygen atoms in total. The van der Waals surface area contributed by atoms with E-state index in [0.29, 0.717) is 11.4 Å². The highest BCUT2D eigenvalue weighted by molar-refractivity contribution is 5.95. The summed E-state index contributed by atoms with van der Waals surface area (Å²) < 4.78 is 22.6. The molecule has 6 heteroatoms. The molecule has 1 N–H and O–H groups in total. The topological polar surface area (TPSA) is 64.6 Å². The molecule has 22 heavy (non-hydrogen) atoms. The third-order valence-electron chi connectivity index (χ3n) is 2.79. The van der Waals surface area contributed by atoms with E-state index in [1.54, 1.807) is 31.4 Å². The Morgan fingerprint density at radius 1 is 1.05 bits per heavy atom. The number of carbonyl (C=O) groups is 2. The van der Waals surface area contributed by atoms with E-state index in [-0.39, 0.29) is 5.56 Å². The normalized spacial score (nSPS) is 9.91. The van der Waals surface area contributed by atoms with Crippen LogP contribution >= 0.6 is 0 Å². The molecule has 0 aliphatic carbocycles. The van der Waals surface area contributed by atoms with Gasteiger partial charge in [0.25, 0.3) is 5.91 Å². The summed E-state index contributed by atoms with van der Waals surface area (Å²) in [5.74, 6) is -0.944. The SMILES string of the molecule is COc1ccc(NC(=O)COC(=O)c2ccc(F)cc2)cc1. The van der Waals surface area contributed by atoms with Crippen molar-refractivity contribution in [2.75, 3.05) is 19.0 Å². The first-order valence-electron chi connectivity index (χ1n) is 6.45. The van der Waals surface area contributed by atoms with Crippen LogP contribution in [0, 0.1) is 5.82 Å². The summed E-state index contributed by atoms with van der Waals surface area (Å²) in [6.45, 7) is -0.428. The zero-order chi connectivity index (χ0) is 15.9. The van der Waals surface area contributed by atoms with Crippen LogP contribution in [0.15, 0.2) is 48.5 Å². The van der Waals surface area contributed by atoms with Gasteiger partial charge in [0.1, 0.15) is 11.6 Å². The van der Waals surface area contributed by atoms with Crippen molar-refractivity contribution >= 4 is 17.6 Å². The summed E-state index contributed by atoms with van der Waals surface area (Å²) in [5.41, 5.74) is 0.738. The van der Waals surface area contributed by atoms with Crippen LogP contribution in [0.4, 0.5) is 10.1 Å². The largest absolute Gasteiger partial charge is 0.497 e. The second kappa shape index (κ2) is 7.21. The minimum Gasteiger partial charge on any atom is -0.497 e. The van der Waals surface area contributed by atoms with Gasteiger partial charge in [-0.25, -0.2) is 9.18 Å². The third-order valence-corrected chi connectivity index (χ3v) is 2.79. The summed E-state index contributed by atoms with van der Waals surface area (Å²) in [6.07, 6.45) is 0. The second-order valence-corrected chi connectivity index (χ2v) is 4.36. The molecule has 0 spiro atoms. The van der Waals surface area contributed by atoms with Gasteiger partial charge in [0.2, 0.25) is 0 Å². The van der Waals surface area contributed by atoms with Crippen molar-refractivity contribution in [3.05, 3.63) is 59.9 Å². The Morgan fingerprint density at radius 2 is 1.68 bits per heavy atom. The number of amides is 1. The fourth-order valence-electron chi connectivity index (χ4n) is 1.67. The van der Waals surface area contributed by atoms with Gasteiger partial charge in [-0.3, -0.25) is 4.79 Å². The Bertz CT molecular complexity index is 653. The highest BCUT2D eigenvalue weighted by atomic mass is 19.1. The third kappa shape index (κ3) is 4.31. The lowest BCUT2D eigenvalue weighted by Crippen LogP contribution is -2.20. The van der Waals surface area contributed by atoms with E-state index in [1.807, 2.05) is 0 Å². The predicted octanol–water partition coefficient (Wildman–Crippen LogP) is 2.63. The van der Waals surface area contributed by atoms with E-state index in [4.69, 9.17) is 9.47 Å². The second-order valence-electron chi connectivity index (χ2n) is 4.36. The first-order chi connectivity index (χ1) is 10.6. The minimum atomic E-state index is -0.690. The van der Waals surface area contributed by atoms with E-state index >= 15 is 0 Å². The molecular formula is C16H14FNO4. The van der Waals surface area contributed by atoms with Gasteiger partial charge >= 0.3 is 5.97 Å². The van der Waals surface area contributed by atoms with Crippen molar-refractivity contribution in [3.63, 3.8) is 0 Å². The molecule has 0 saturated heterocycles. The number of hydrogen-bond donors (Lipinski definition) is 1. The maximum atomic E-state index is 12.7. The molecule has 0 atom stereocenters.